The first-order chi connectivity index (χ1) is 21.8. The summed E-state index contributed by atoms with van der Waals surface area (Å²) in [5.74, 6) is 0. The lowest BCUT2D eigenvalue weighted by atomic mass is 9.79. The minimum atomic E-state index is -0.423. The average molecular weight is 587 g/mol. The van der Waals surface area contributed by atoms with Crippen molar-refractivity contribution in [2.75, 3.05) is 4.90 Å². The zero-order chi connectivity index (χ0) is 30.8. The monoisotopic (exact) mass is 586 g/mol. The molecule has 0 N–H and O–H groups in total. The Hall–Kier alpha value is -4.84. The molecule has 0 spiro atoms. The van der Waals surface area contributed by atoms with Crippen LogP contribution in [-0.4, -0.2) is 22.9 Å². The molecule has 1 fully saturated rings. The van der Waals surface area contributed by atoms with E-state index in [0.29, 0.717) is 0 Å². The van der Waals surface area contributed by atoms with E-state index in [0.717, 1.165) is 33.7 Å². The third-order valence-corrected chi connectivity index (χ3v) is 9.61. The van der Waals surface area contributed by atoms with Gasteiger partial charge in [-0.1, -0.05) is 84.9 Å². The van der Waals surface area contributed by atoms with E-state index in [1.54, 1.807) is 0 Å². The first-order valence-electron chi connectivity index (χ1n) is 15.6. The highest BCUT2D eigenvalue weighted by molar-refractivity contribution is 6.62. The lowest BCUT2D eigenvalue weighted by Crippen LogP contribution is -2.41. The lowest BCUT2D eigenvalue weighted by molar-refractivity contribution is 0.00578. The number of rotatable bonds is 5. The van der Waals surface area contributed by atoms with Crippen molar-refractivity contribution in [1.82, 2.24) is 4.57 Å². The molecule has 0 radical (unpaired) electrons. The number of hydrogen-bond acceptors (Lipinski definition) is 3. The van der Waals surface area contributed by atoms with Gasteiger partial charge in [-0.2, -0.15) is 0 Å². The number of aromatic nitrogens is 1. The van der Waals surface area contributed by atoms with E-state index in [4.69, 9.17) is 9.31 Å². The zero-order valence-electron chi connectivity index (χ0n) is 26.1. The van der Waals surface area contributed by atoms with Crippen LogP contribution in [0.4, 0.5) is 17.1 Å². The van der Waals surface area contributed by atoms with E-state index in [1.807, 2.05) is 0 Å². The summed E-state index contributed by atoms with van der Waals surface area (Å²) in [6.07, 6.45) is 0. The minimum Gasteiger partial charge on any atom is -0.399 e. The van der Waals surface area contributed by atoms with Gasteiger partial charge in [0.2, 0.25) is 0 Å². The van der Waals surface area contributed by atoms with Gasteiger partial charge < -0.3 is 18.8 Å². The second-order valence-corrected chi connectivity index (χ2v) is 12.9. The number of hydrogen-bond donors (Lipinski definition) is 0. The van der Waals surface area contributed by atoms with Crippen molar-refractivity contribution in [3.05, 3.63) is 140 Å². The average Bonchev–Trinajstić information content (AvgIpc) is 3.50. The maximum absolute atomic E-state index is 6.44. The van der Waals surface area contributed by atoms with Crippen LogP contribution >= 0.6 is 0 Å². The van der Waals surface area contributed by atoms with Crippen molar-refractivity contribution in [1.29, 1.82) is 0 Å². The van der Waals surface area contributed by atoms with E-state index in [9.17, 15) is 0 Å². The Morgan fingerprint density at radius 3 is 1.89 bits per heavy atom. The van der Waals surface area contributed by atoms with Gasteiger partial charge in [-0.25, -0.2) is 0 Å². The molecule has 4 nitrogen and oxygen atoms in total. The normalized spacial score (nSPS) is 15.7. The summed E-state index contributed by atoms with van der Waals surface area (Å²) in [7, 11) is -0.423. The van der Waals surface area contributed by atoms with Crippen LogP contribution < -0.4 is 10.4 Å². The highest BCUT2D eigenvalue weighted by atomic mass is 16.7. The van der Waals surface area contributed by atoms with Gasteiger partial charge in [0.15, 0.2) is 0 Å². The summed E-state index contributed by atoms with van der Waals surface area (Å²) >= 11 is 0. The molecule has 8 rings (SSSR count). The SMILES string of the molecule is CC1(C)OB(c2ccc3c4ccccc4n(-c4ccc(N(c5ccccc5)c5cccc6ccccc56)cc4)c3c2)OC1(C)C. The Balaban J connectivity index is 1.26. The Bertz CT molecular complexity index is 2160. The smallest absolute Gasteiger partial charge is 0.399 e. The van der Waals surface area contributed by atoms with E-state index in [-0.39, 0.29) is 0 Å². The Morgan fingerprint density at radius 1 is 0.533 bits per heavy atom. The summed E-state index contributed by atoms with van der Waals surface area (Å²) in [4.78, 5) is 2.34. The molecule has 220 valence electrons. The zero-order valence-corrected chi connectivity index (χ0v) is 26.1. The maximum Gasteiger partial charge on any atom is 0.494 e. The van der Waals surface area contributed by atoms with Crippen LogP contribution in [0.25, 0.3) is 38.3 Å². The molecule has 0 amide bonds. The first kappa shape index (κ1) is 27.7. The van der Waals surface area contributed by atoms with Crippen LogP contribution in [0.3, 0.4) is 0 Å². The molecule has 1 aromatic heterocycles. The molecule has 45 heavy (non-hydrogen) atoms. The summed E-state index contributed by atoms with van der Waals surface area (Å²) in [5.41, 5.74) is 6.98. The third-order valence-electron chi connectivity index (χ3n) is 9.61. The molecule has 0 saturated carbocycles. The number of nitrogens with zero attached hydrogens (tertiary/aromatic N) is 2. The summed E-state index contributed by atoms with van der Waals surface area (Å²) < 4.78 is 15.2. The third kappa shape index (κ3) is 4.54. The summed E-state index contributed by atoms with van der Waals surface area (Å²) in [6, 6.07) is 49.8. The number of fused-ring (bicyclic) bond motifs is 4. The fraction of sp³-hybridized carbons (Fsp3) is 0.150. The van der Waals surface area contributed by atoms with Crippen LogP contribution in [0.5, 0.6) is 0 Å². The van der Waals surface area contributed by atoms with Crippen molar-refractivity contribution in [3.8, 4) is 5.69 Å². The molecule has 1 saturated heterocycles. The quantitative estimate of drug-likeness (QED) is 0.188. The number of benzene rings is 6. The van der Waals surface area contributed by atoms with E-state index in [1.165, 1.54) is 27.1 Å². The van der Waals surface area contributed by atoms with Crippen LogP contribution in [0.1, 0.15) is 27.7 Å². The molecule has 7 aromatic rings. The first-order valence-corrected chi connectivity index (χ1v) is 15.6. The standard InChI is InChI=1S/C40H35BN2O2/c1-39(2)40(3,4)45-41(44-39)29-21-26-35-34-18-10-11-19-37(34)43(38(35)27-29)32-24-22-31(23-25-32)42(30-15-6-5-7-16-30)36-20-12-14-28-13-8-9-17-33(28)36/h5-27H,1-4H3. The van der Waals surface area contributed by atoms with Crippen LogP contribution in [0.2, 0.25) is 0 Å². The lowest BCUT2D eigenvalue weighted by Gasteiger charge is -2.32. The summed E-state index contributed by atoms with van der Waals surface area (Å²) in [5, 5.41) is 4.86. The van der Waals surface area contributed by atoms with Crippen LogP contribution in [-0.2, 0) is 9.31 Å². The fourth-order valence-electron chi connectivity index (χ4n) is 6.55. The molecule has 1 aliphatic heterocycles. The fourth-order valence-corrected chi connectivity index (χ4v) is 6.55. The maximum atomic E-state index is 6.44. The van der Waals surface area contributed by atoms with Gasteiger partial charge in [-0.15, -0.1) is 0 Å². The number of para-hydroxylation sites is 2. The summed E-state index contributed by atoms with van der Waals surface area (Å²) in [6.45, 7) is 8.39. The molecule has 0 unspecified atom stereocenters. The van der Waals surface area contributed by atoms with Crippen molar-refractivity contribution < 1.29 is 9.31 Å². The predicted octanol–water partition coefficient (Wildman–Crippen LogP) is 9.71. The Kier molecular flexibility index (Phi) is 6.38. The van der Waals surface area contributed by atoms with Crippen molar-refractivity contribution in [3.63, 3.8) is 0 Å². The van der Waals surface area contributed by atoms with Crippen LogP contribution in [0, 0.1) is 0 Å². The molecule has 0 aliphatic carbocycles. The second-order valence-electron chi connectivity index (χ2n) is 12.9. The van der Waals surface area contributed by atoms with Gasteiger partial charge in [0.05, 0.1) is 27.9 Å². The second kappa shape index (κ2) is 10.4. The van der Waals surface area contributed by atoms with Crippen molar-refractivity contribution >= 4 is 62.2 Å². The molecular formula is C40H35BN2O2. The molecule has 1 aliphatic rings. The van der Waals surface area contributed by atoms with Crippen LogP contribution in [0.15, 0.2) is 140 Å². The van der Waals surface area contributed by atoms with Gasteiger partial charge in [-0.3, -0.25) is 0 Å². The highest BCUT2D eigenvalue weighted by Crippen LogP contribution is 2.40. The molecule has 6 aromatic carbocycles. The van der Waals surface area contributed by atoms with E-state index >= 15 is 0 Å². The van der Waals surface area contributed by atoms with E-state index in [2.05, 4.69) is 177 Å². The Labute approximate surface area is 264 Å². The van der Waals surface area contributed by atoms with E-state index < -0.39 is 18.3 Å². The largest absolute Gasteiger partial charge is 0.494 e. The van der Waals surface area contributed by atoms with Gasteiger partial charge in [0, 0.05) is 33.2 Å². The highest BCUT2D eigenvalue weighted by Gasteiger charge is 2.51. The number of anilines is 3. The van der Waals surface area contributed by atoms with Crippen molar-refractivity contribution in [2.24, 2.45) is 0 Å². The minimum absolute atomic E-state index is 0.399. The molecule has 5 heteroatoms. The topological polar surface area (TPSA) is 26.6 Å². The van der Waals surface area contributed by atoms with Gasteiger partial charge in [0.25, 0.3) is 0 Å². The van der Waals surface area contributed by atoms with Gasteiger partial charge >= 0.3 is 7.12 Å². The predicted molar refractivity (Wildman–Crippen MR) is 189 cm³/mol. The van der Waals surface area contributed by atoms with Crippen molar-refractivity contribution in [2.45, 2.75) is 38.9 Å². The molecule has 2 heterocycles. The molecule has 0 bridgehead atoms. The van der Waals surface area contributed by atoms with Gasteiger partial charge in [-0.05, 0) is 93.1 Å². The Morgan fingerprint density at radius 2 is 1.13 bits per heavy atom. The molecule has 0 atom stereocenters. The van der Waals surface area contributed by atoms with Gasteiger partial charge in [0.1, 0.15) is 0 Å². The molecular weight excluding hydrogens is 551 g/mol.